The number of ether oxygens (including phenoxy) is 1. The first-order valence-electron chi connectivity index (χ1n) is 11.5. The quantitative estimate of drug-likeness (QED) is 0.401. The molecule has 1 amide bonds. The van der Waals surface area contributed by atoms with E-state index in [9.17, 15) is 23.3 Å². The van der Waals surface area contributed by atoms with E-state index in [1.807, 2.05) is 45.0 Å². The minimum Gasteiger partial charge on any atom is -0.438 e. The van der Waals surface area contributed by atoms with Gasteiger partial charge in [0.1, 0.15) is 28.6 Å². The summed E-state index contributed by atoms with van der Waals surface area (Å²) in [6, 6.07) is 12.0. The molecule has 10 heteroatoms. The van der Waals surface area contributed by atoms with Gasteiger partial charge in [0.05, 0.1) is 11.5 Å². The van der Waals surface area contributed by atoms with Crippen LogP contribution >= 0.6 is 0 Å². The zero-order valence-corrected chi connectivity index (χ0v) is 21.0. The second-order valence-electron chi connectivity index (χ2n) is 9.11. The molecule has 4 rings (SSSR count). The highest BCUT2D eigenvalue weighted by Gasteiger charge is 2.30. The second kappa shape index (κ2) is 9.95. The van der Waals surface area contributed by atoms with Crippen LogP contribution in [0, 0.1) is 18.3 Å². The molecule has 1 unspecified atom stereocenters. The fourth-order valence-corrected chi connectivity index (χ4v) is 5.73. The number of sulfone groups is 1. The van der Waals surface area contributed by atoms with E-state index in [0.29, 0.717) is 11.4 Å². The van der Waals surface area contributed by atoms with Crippen molar-refractivity contribution in [1.29, 1.82) is 5.26 Å². The van der Waals surface area contributed by atoms with Crippen molar-refractivity contribution in [2.45, 2.75) is 39.2 Å². The molecule has 3 aromatic rings. The summed E-state index contributed by atoms with van der Waals surface area (Å²) in [5.74, 6) is -0.358. The van der Waals surface area contributed by atoms with Gasteiger partial charge in [0, 0.05) is 12.2 Å². The Morgan fingerprint density at radius 1 is 1.31 bits per heavy atom. The Balaban J connectivity index is 1.81. The number of aryl methyl sites for hydroxylation is 1. The monoisotopic (exact) mass is 506 g/mol. The lowest BCUT2D eigenvalue weighted by atomic mass is 10.0. The first-order valence-corrected chi connectivity index (χ1v) is 13.3. The molecule has 1 saturated heterocycles. The van der Waals surface area contributed by atoms with Crippen molar-refractivity contribution in [1.82, 2.24) is 14.7 Å². The third-order valence-corrected chi connectivity index (χ3v) is 7.72. The highest BCUT2D eigenvalue weighted by Crippen LogP contribution is 2.32. The summed E-state index contributed by atoms with van der Waals surface area (Å²) in [4.78, 5) is 30.7. The minimum atomic E-state index is -3.22. The smallest absolute Gasteiger partial charge is 0.269 e. The molecule has 1 aromatic carbocycles. The molecule has 1 atom stereocenters. The third kappa shape index (κ3) is 5.31. The minimum absolute atomic E-state index is 0.0217. The molecule has 0 aliphatic carbocycles. The maximum Gasteiger partial charge on any atom is 0.269 e. The molecule has 1 aliphatic heterocycles. The standard InChI is InChI=1S/C26H26N4O5S/c1-16(2)20-8-7-17(3)12-22(20)35-25-21(26(32)30-10-5-4-6-23(30)29-25)13-18(14-27)24(31)28-19-9-11-36(33,34)15-19/h4-8,10,12-13,16,19H,9,11,15H2,1-3H3,(H,28,31)/b18-13+. The van der Waals surface area contributed by atoms with E-state index in [1.54, 1.807) is 18.2 Å². The lowest BCUT2D eigenvalue weighted by molar-refractivity contribution is -0.117. The van der Waals surface area contributed by atoms with Gasteiger partial charge in [-0.05, 0) is 54.7 Å². The largest absolute Gasteiger partial charge is 0.438 e. The van der Waals surface area contributed by atoms with Crippen LogP contribution in [0.3, 0.4) is 0 Å². The van der Waals surface area contributed by atoms with Gasteiger partial charge in [-0.3, -0.25) is 14.0 Å². The number of nitrogens with one attached hydrogen (secondary N) is 1. The van der Waals surface area contributed by atoms with Gasteiger partial charge in [-0.1, -0.05) is 32.0 Å². The van der Waals surface area contributed by atoms with E-state index in [4.69, 9.17) is 4.74 Å². The van der Waals surface area contributed by atoms with Gasteiger partial charge in [0.15, 0.2) is 9.84 Å². The SMILES string of the molecule is Cc1ccc(C(C)C)c(Oc2nc3ccccn3c(=O)c2/C=C(\C#N)C(=O)NC2CCS(=O)(=O)C2)c1. The van der Waals surface area contributed by atoms with Gasteiger partial charge in [-0.2, -0.15) is 10.2 Å². The van der Waals surface area contributed by atoms with Crippen molar-refractivity contribution in [3.63, 3.8) is 0 Å². The molecule has 3 heterocycles. The van der Waals surface area contributed by atoms with Crippen LogP contribution in [0.1, 0.15) is 42.9 Å². The molecule has 0 bridgehead atoms. The van der Waals surface area contributed by atoms with Gasteiger partial charge < -0.3 is 10.1 Å². The van der Waals surface area contributed by atoms with Crippen molar-refractivity contribution in [2.75, 3.05) is 11.5 Å². The number of fused-ring (bicyclic) bond motifs is 1. The molecular weight excluding hydrogens is 480 g/mol. The number of nitriles is 1. The fourth-order valence-electron chi connectivity index (χ4n) is 4.06. The molecule has 0 radical (unpaired) electrons. The van der Waals surface area contributed by atoms with Crippen LogP contribution < -0.4 is 15.6 Å². The zero-order chi connectivity index (χ0) is 26.0. The predicted molar refractivity (Wildman–Crippen MR) is 136 cm³/mol. The van der Waals surface area contributed by atoms with Crippen LogP contribution in [0.25, 0.3) is 11.7 Å². The summed E-state index contributed by atoms with van der Waals surface area (Å²) in [7, 11) is -3.22. The lowest BCUT2D eigenvalue weighted by Crippen LogP contribution is -2.36. The molecule has 1 aliphatic rings. The summed E-state index contributed by atoms with van der Waals surface area (Å²) in [6.07, 6.45) is 2.95. The Hall–Kier alpha value is -3.97. The van der Waals surface area contributed by atoms with Crippen LogP contribution in [0.4, 0.5) is 0 Å². The number of benzene rings is 1. The predicted octanol–water partition coefficient (Wildman–Crippen LogP) is 3.13. The van der Waals surface area contributed by atoms with Gasteiger partial charge >= 0.3 is 0 Å². The number of hydrogen-bond donors (Lipinski definition) is 1. The van der Waals surface area contributed by atoms with Gasteiger partial charge in [-0.25, -0.2) is 8.42 Å². The summed E-state index contributed by atoms with van der Waals surface area (Å²) in [5, 5.41) is 12.3. The van der Waals surface area contributed by atoms with Crippen molar-refractivity contribution >= 4 is 27.5 Å². The van der Waals surface area contributed by atoms with Crippen LogP contribution in [-0.2, 0) is 14.6 Å². The molecule has 9 nitrogen and oxygen atoms in total. The number of carbonyl (C=O) groups is 1. The molecular formula is C26H26N4O5S. The summed E-state index contributed by atoms with van der Waals surface area (Å²) >= 11 is 0. The summed E-state index contributed by atoms with van der Waals surface area (Å²) in [5.41, 5.74) is 1.26. The number of carbonyl (C=O) groups excluding carboxylic acids is 1. The van der Waals surface area contributed by atoms with Crippen molar-refractivity contribution in [3.8, 4) is 17.7 Å². The molecule has 1 fully saturated rings. The Morgan fingerprint density at radius 2 is 2.08 bits per heavy atom. The van der Waals surface area contributed by atoms with E-state index in [0.717, 1.165) is 17.2 Å². The lowest BCUT2D eigenvalue weighted by Gasteiger charge is -2.16. The maximum atomic E-state index is 13.4. The average Bonchev–Trinajstić information content (AvgIpc) is 3.16. The number of nitrogens with zero attached hydrogens (tertiary/aromatic N) is 3. The highest BCUT2D eigenvalue weighted by atomic mass is 32.2. The first kappa shape index (κ1) is 25.1. The number of rotatable bonds is 6. The summed E-state index contributed by atoms with van der Waals surface area (Å²) in [6.45, 7) is 5.95. The van der Waals surface area contributed by atoms with E-state index < -0.39 is 27.3 Å². The maximum absolute atomic E-state index is 13.4. The average molecular weight is 507 g/mol. The van der Waals surface area contributed by atoms with E-state index in [1.165, 1.54) is 10.6 Å². The molecule has 0 spiro atoms. The molecule has 36 heavy (non-hydrogen) atoms. The number of amides is 1. The zero-order valence-electron chi connectivity index (χ0n) is 20.2. The Morgan fingerprint density at radius 3 is 2.75 bits per heavy atom. The topological polar surface area (TPSA) is 131 Å². The Labute approximate surface area is 209 Å². The Bertz CT molecular complexity index is 1580. The summed E-state index contributed by atoms with van der Waals surface area (Å²) < 4.78 is 30.9. The van der Waals surface area contributed by atoms with E-state index in [-0.39, 0.29) is 40.9 Å². The molecule has 0 saturated carbocycles. The number of aromatic nitrogens is 2. The first-order chi connectivity index (χ1) is 17.1. The van der Waals surface area contributed by atoms with Gasteiger partial charge in [0.2, 0.25) is 5.88 Å². The van der Waals surface area contributed by atoms with Crippen LogP contribution in [0.2, 0.25) is 0 Å². The van der Waals surface area contributed by atoms with Gasteiger partial charge in [-0.15, -0.1) is 0 Å². The van der Waals surface area contributed by atoms with Gasteiger partial charge in [0.25, 0.3) is 11.5 Å². The van der Waals surface area contributed by atoms with E-state index in [2.05, 4.69) is 10.3 Å². The van der Waals surface area contributed by atoms with Crippen molar-refractivity contribution in [2.24, 2.45) is 0 Å². The number of pyridine rings is 1. The highest BCUT2D eigenvalue weighted by molar-refractivity contribution is 7.91. The molecule has 2 aromatic heterocycles. The second-order valence-corrected chi connectivity index (χ2v) is 11.3. The van der Waals surface area contributed by atoms with Crippen LogP contribution in [-0.4, -0.2) is 41.3 Å². The number of hydrogen-bond acceptors (Lipinski definition) is 7. The third-order valence-electron chi connectivity index (χ3n) is 5.95. The molecule has 1 N–H and O–H groups in total. The molecule has 186 valence electrons. The van der Waals surface area contributed by atoms with Crippen molar-refractivity contribution < 1.29 is 17.9 Å². The van der Waals surface area contributed by atoms with Crippen molar-refractivity contribution in [3.05, 3.63) is 75.2 Å². The normalized spacial score (nSPS) is 17.2. The fraction of sp³-hybridized carbons (Fsp3) is 0.308. The Kier molecular flexibility index (Phi) is 6.95. The van der Waals surface area contributed by atoms with Crippen LogP contribution in [0.5, 0.6) is 11.6 Å². The van der Waals surface area contributed by atoms with E-state index >= 15 is 0 Å². The van der Waals surface area contributed by atoms with Crippen LogP contribution in [0.15, 0.2) is 53.0 Å².